The van der Waals surface area contributed by atoms with E-state index in [0.29, 0.717) is 6.61 Å². The Kier molecular flexibility index (Phi) is 4.23. The topological polar surface area (TPSA) is 21.3 Å². The first-order valence-electron chi connectivity index (χ1n) is 4.65. The molecule has 14 heavy (non-hydrogen) atoms. The van der Waals surface area contributed by atoms with Crippen molar-refractivity contribution in [2.24, 2.45) is 0 Å². The summed E-state index contributed by atoms with van der Waals surface area (Å²) in [6, 6.07) is 6.12. The summed E-state index contributed by atoms with van der Waals surface area (Å²) in [7, 11) is 1.70. The predicted octanol–water partition coefficient (Wildman–Crippen LogP) is 3.10. The molecule has 1 atom stereocenters. The number of hydrogen-bond donors (Lipinski definition) is 1. The molecule has 0 aliphatic carbocycles. The standard InChI is InChI=1S/C11H16ClNO/c1-8-4-5-10(12)6-11(8)13-9(2)7-14-3/h4-6,9,13H,7H2,1-3H3. The Morgan fingerprint density at radius 1 is 1.50 bits per heavy atom. The van der Waals surface area contributed by atoms with Crippen molar-refractivity contribution in [1.29, 1.82) is 0 Å². The highest BCUT2D eigenvalue weighted by Gasteiger charge is 2.03. The van der Waals surface area contributed by atoms with Crippen LogP contribution >= 0.6 is 11.6 Å². The number of ether oxygens (including phenoxy) is 1. The predicted molar refractivity (Wildman–Crippen MR) is 61.1 cm³/mol. The maximum Gasteiger partial charge on any atom is 0.0661 e. The average molecular weight is 214 g/mol. The SMILES string of the molecule is COCC(C)Nc1cc(Cl)ccc1C. The van der Waals surface area contributed by atoms with Gasteiger partial charge < -0.3 is 10.1 Å². The maximum atomic E-state index is 5.91. The van der Waals surface area contributed by atoms with Crippen molar-refractivity contribution in [1.82, 2.24) is 0 Å². The van der Waals surface area contributed by atoms with Gasteiger partial charge in [0.25, 0.3) is 0 Å². The quantitative estimate of drug-likeness (QED) is 0.830. The molecule has 0 amide bonds. The van der Waals surface area contributed by atoms with E-state index in [0.717, 1.165) is 10.7 Å². The molecule has 0 heterocycles. The Labute approximate surface area is 90.2 Å². The van der Waals surface area contributed by atoms with E-state index in [1.165, 1.54) is 5.56 Å². The first kappa shape index (κ1) is 11.3. The average Bonchev–Trinajstić information content (AvgIpc) is 2.12. The second-order valence-electron chi connectivity index (χ2n) is 3.46. The van der Waals surface area contributed by atoms with Crippen molar-refractivity contribution in [2.75, 3.05) is 19.0 Å². The lowest BCUT2D eigenvalue weighted by Gasteiger charge is -2.16. The van der Waals surface area contributed by atoms with Gasteiger partial charge in [0.15, 0.2) is 0 Å². The number of rotatable bonds is 4. The third-order valence-corrected chi connectivity index (χ3v) is 2.25. The number of hydrogen-bond acceptors (Lipinski definition) is 2. The van der Waals surface area contributed by atoms with Crippen LogP contribution in [-0.4, -0.2) is 19.8 Å². The van der Waals surface area contributed by atoms with Crippen molar-refractivity contribution in [3.05, 3.63) is 28.8 Å². The third kappa shape index (κ3) is 3.20. The van der Waals surface area contributed by atoms with Crippen LogP contribution < -0.4 is 5.32 Å². The van der Waals surface area contributed by atoms with Crippen molar-refractivity contribution in [3.8, 4) is 0 Å². The number of benzene rings is 1. The fourth-order valence-electron chi connectivity index (χ4n) is 1.31. The minimum atomic E-state index is 0.289. The number of aryl methyl sites for hydroxylation is 1. The number of methoxy groups -OCH3 is 1. The van der Waals surface area contributed by atoms with E-state index >= 15 is 0 Å². The molecule has 0 aromatic heterocycles. The van der Waals surface area contributed by atoms with Crippen molar-refractivity contribution >= 4 is 17.3 Å². The molecule has 78 valence electrons. The minimum Gasteiger partial charge on any atom is -0.383 e. The molecule has 0 saturated carbocycles. The molecule has 0 spiro atoms. The zero-order chi connectivity index (χ0) is 10.6. The Balaban J connectivity index is 2.70. The van der Waals surface area contributed by atoms with Crippen LogP contribution in [0.5, 0.6) is 0 Å². The molecule has 1 unspecified atom stereocenters. The van der Waals surface area contributed by atoms with Gasteiger partial charge in [0.2, 0.25) is 0 Å². The Morgan fingerprint density at radius 3 is 2.86 bits per heavy atom. The third-order valence-electron chi connectivity index (χ3n) is 2.02. The van der Waals surface area contributed by atoms with E-state index in [2.05, 4.69) is 19.2 Å². The number of anilines is 1. The normalized spacial score (nSPS) is 12.6. The number of halogens is 1. The Bertz CT molecular complexity index is 301. The van der Waals surface area contributed by atoms with Crippen LogP contribution in [0.1, 0.15) is 12.5 Å². The van der Waals surface area contributed by atoms with Gasteiger partial charge in [-0.15, -0.1) is 0 Å². The van der Waals surface area contributed by atoms with Crippen LogP contribution in [0.25, 0.3) is 0 Å². The van der Waals surface area contributed by atoms with Crippen LogP contribution in [0.15, 0.2) is 18.2 Å². The molecule has 1 N–H and O–H groups in total. The highest BCUT2D eigenvalue weighted by atomic mass is 35.5. The first-order valence-corrected chi connectivity index (χ1v) is 5.03. The van der Waals surface area contributed by atoms with Crippen LogP contribution in [-0.2, 0) is 4.74 Å². The van der Waals surface area contributed by atoms with Gasteiger partial charge in [-0.25, -0.2) is 0 Å². The molecule has 2 nitrogen and oxygen atoms in total. The molecule has 0 saturated heterocycles. The van der Waals surface area contributed by atoms with E-state index in [9.17, 15) is 0 Å². The lowest BCUT2D eigenvalue weighted by Crippen LogP contribution is -2.21. The second-order valence-corrected chi connectivity index (χ2v) is 3.90. The molecule has 0 aliphatic rings. The number of nitrogens with one attached hydrogen (secondary N) is 1. The molecule has 3 heteroatoms. The van der Waals surface area contributed by atoms with Crippen LogP contribution in [0.3, 0.4) is 0 Å². The lowest BCUT2D eigenvalue weighted by molar-refractivity contribution is 0.190. The zero-order valence-electron chi connectivity index (χ0n) is 8.80. The second kappa shape index (κ2) is 5.23. The summed E-state index contributed by atoms with van der Waals surface area (Å²) >= 11 is 5.91. The van der Waals surface area contributed by atoms with Crippen LogP contribution in [0.2, 0.25) is 5.02 Å². The first-order chi connectivity index (χ1) is 6.63. The molecule has 0 fully saturated rings. The van der Waals surface area contributed by atoms with E-state index in [4.69, 9.17) is 16.3 Å². The molecule has 0 bridgehead atoms. The molecule has 0 radical (unpaired) electrons. The van der Waals surface area contributed by atoms with Gasteiger partial charge in [0.05, 0.1) is 6.61 Å². The van der Waals surface area contributed by atoms with Crippen molar-refractivity contribution in [3.63, 3.8) is 0 Å². The smallest absolute Gasteiger partial charge is 0.0661 e. The highest BCUT2D eigenvalue weighted by Crippen LogP contribution is 2.20. The van der Waals surface area contributed by atoms with E-state index < -0.39 is 0 Å². The summed E-state index contributed by atoms with van der Waals surface area (Å²) in [4.78, 5) is 0. The zero-order valence-corrected chi connectivity index (χ0v) is 9.56. The van der Waals surface area contributed by atoms with Gasteiger partial charge in [-0.05, 0) is 31.5 Å². The van der Waals surface area contributed by atoms with Crippen LogP contribution in [0.4, 0.5) is 5.69 Å². The molecule has 0 aliphatic heterocycles. The van der Waals surface area contributed by atoms with Gasteiger partial charge in [-0.1, -0.05) is 17.7 Å². The summed E-state index contributed by atoms with van der Waals surface area (Å²) in [5.41, 5.74) is 2.26. The van der Waals surface area contributed by atoms with Gasteiger partial charge in [0, 0.05) is 23.9 Å². The van der Waals surface area contributed by atoms with E-state index in [1.54, 1.807) is 7.11 Å². The minimum absolute atomic E-state index is 0.289. The van der Waals surface area contributed by atoms with Gasteiger partial charge >= 0.3 is 0 Å². The highest BCUT2D eigenvalue weighted by molar-refractivity contribution is 6.30. The summed E-state index contributed by atoms with van der Waals surface area (Å²) in [5.74, 6) is 0. The van der Waals surface area contributed by atoms with Crippen molar-refractivity contribution in [2.45, 2.75) is 19.9 Å². The largest absolute Gasteiger partial charge is 0.383 e. The fourth-order valence-corrected chi connectivity index (χ4v) is 1.48. The fraction of sp³-hybridized carbons (Fsp3) is 0.455. The van der Waals surface area contributed by atoms with E-state index in [1.807, 2.05) is 18.2 Å². The van der Waals surface area contributed by atoms with Gasteiger partial charge in [-0.2, -0.15) is 0 Å². The molecule has 1 aromatic carbocycles. The Morgan fingerprint density at radius 2 is 2.21 bits per heavy atom. The monoisotopic (exact) mass is 213 g/mol. The summed E-state index contributed by atoms with van der Waals surface area (Å²) in [6.45, 7) is 4.81. The molecular weight excluding hydrogens is 198 g/mol. The molecule has 1 rings (SSSR count). The Hall–Kier alpha value is -0.730. The van der Waals surface area contributed by atoms with E-state index in [-0.39, 0.29) is 6.04 Å². The van der Waals surface area contributed by atoms with Crippen molar-refractivity contribution < 1.29 is 4.74 Å². The van der Waals surface area contributed by atoms with Crippen LogP contribution in [0, 0.1) is 6.92 Å². The molecular formula is C11H16ClNO. The molecule has 1 aromatic rings. The van der Waals surface area contributed by atoms with Gasteiger partial charge in [0.1, 0.15) is 0 Å². The summed E-state index contributed by atoms with van der Waals surface area (Å²) < 4.78 is 5.05. The maximum absolute atomic E-state index is 5.91. The summed E-state index contributed by atoms with van der Waals surface area (Å²) in [5, 5.41) is 4.09. The summed E-state index contributed by atoms with van der Waals surface area (Å²) in [6.07, 6.45) is 0. The lowest BCUT2D eigenvalue weighted by atomic mass is 10.2. The van der Waals surface area contributed by atoms with Gasteiger partial charge in [-0.3, -0.25) is 0 Å².